The van der Waals surface area contributed by atoms with Crippen LogP contribution in [0.2, 0.25) is 5.15 Å². The van der Waals surface area contributed by atoms with Gasteiger partial charge in [-0.2, -0.15) is 0 Å². The summed E-state index contributed by atoms with van der Waals surface area (Å²) in [4.78, 5) is 9.06. The third-order valence-electron chi connectivity index (χ3n) is 2.55. The lowest BCUT2D eigenvalue weighted by Crippen LogP contribution is -2.36. The Morgan fingerprint density at radius 1 is 1.33 bits per heavy atom. The van der Waals surface area contributed by atoms with E-state index in [1.807, 2.05) is 12.1 Å². The Labute approximate surface area is 114 Å². The predicted octanol–water partition coefficient (Wildman–Crippen LogP) is 3.43. The third-order valence-corrected chi connectivity index (χ3v) is 3.92. The van der Waals surface area contributed by atoms with E-state index in [1.165, 1.54) is 11.1 Å². The summed E-state index contributed by atoms with van der Waals surface area (Å²) in [6.07, 6.45) is 3.17. The Morgan fingerprint density at radius 3 is 2.94 bits per heavy atom. The van der Waals surface area contributed by atoms with E-state index in [4.69, 9.17) is 11.6 Å². The van der Waals surface area contributed by atoms with Crippen molar-refractivity contribution in [1.82, 2.24) is 9.97 Å². The molecular formula is C12H11ClN4S. The van der Waals surface area contributed by atoms with Gasteiger partial charge < -0.3 is 10.6 Å². The fourth-order valence-corrected chi connectivity index (χ4v) is 3.14. The molecule has 1 aliphatic rings. The first-order chi connectivity index (χ1) is 8.65. The molecule has 0 saturated carbocycles. The first-order valence-electron chi connectivity index (χ1n) is 5.47. The van der Waals surface area contributed by atoms with Gasteiger partial charge in [-0.15, -0.1) is 0 Å². The minimum atomic E-state index is -0.344. The fraction of sp³-hybridized carbons (Fsp3) is 0.167. The third kappa shape index (κ3) is 2.23. The molecule has 18 heavy (non-hydrogen) atoms. The van der Waals surface area contributed by atoms with Crippen molar-refractivity contribution >= 4 is 34.9 Å². The van der Waals surface area contributed by atoms with Crippen LogP contribution in [-0.4, -0.2) is 15.0 Å². The van der Waals surface area contributed by atoms with E-state index in [1.54, 1.807) is 18.0 Å². The van der Waals surface area contributed by atoms with Crippen molar-refractivity contribution in [2.45, 2.75) is 16.8 Å². The summed E-state index contributed by atoms with van der Waals surface area (Å²) >= 11 is 7.53. The SMILES string of the molecule is CC1(Nc2cncc(Cl)n2)Nc2ccccc2S1. The second-order valence-electron chi connectivity index (χ2n) is 4.11. The van der Waals surface area contributed by atoms with Crippen LogP contribution >= 0.6 is 23.4 Å². The molecule has 2 N–H and O–H groups in total. The Hall–Kier alpha value is -1.46. The average Bonchev–Trinajstić information content (AvgIpc) is 2.64. The maximum atomic E-state index is 5.82. The summed E-state index contributed by atoms with van der Waals surface area (Å²) in [7, 11) is 0. The number of fused-ring (bicyclic) bond motifs is 1. The molecule has 92 valence electrons. The molecular weight excluding hydrogens is 268 g/mol. The number of para-hydroxylation sites is 1. The quantitative estimate of drug-likeness (QED) is 0.881. The molecule has 1 aromatic carbocycles. The molecule has 2 aromatic rings. The highest BCUT2D eigenvalue weighted by Crippen LogP contribution is 2.44. The minimum Gasteiger partial charge on any atom is -0.353 e. The highest BCUT2D eigenvalue weighted by Gasteiger charge is 2.33. The van der Waals surface area contributed by atoms with Crippen LogP contribution < -0.4 is 10.6 Å². The van der Waals surface area contributed by atoms with Crippen molar-refractivity contribution in [2.24, 2.45) is 0 Å². The van der Waals surface area contributed by atoms with E-state index >= 15 is 0 Å². The minimum absolute atomic E-state index is 0.344. The summed E-state index contributed by atoms with van der Waals surface area (Å²) < 4.78 is 0. The Morgan fingerprint density at radius 2 is 2.17 bits per heavy atom. The topological polar surface area (TPSA) is 49.8 Å². The summed E-state index contributed by atoms with van der Waals surface area (Å²) in [5, 5.41) is 7.10. The summed E-state index contributed by atoms with van der Waals surface area (Å²) in [6, 6.07) is 8.18. The van der Waals surface area contributed by atoms with Crippen molar-refractivity contribution in [3.63, 3.8) is 0 Å². The lowest BCUT2D eigenvalue weighted by molar-refractivity contribution is 0.843. The highest BCUT2D eigenvalue weighted by atomic mass is 35.5. The molecule has 0 radical (unpaired) electrons. The normalized spacial score (nSPS) is 21.2. The van der Waals surface area contributed by atoms with Crippen molar-refractivity contribution in [3.8, 4) is 0 Å². The molecule has 0 aliphatic carbocycles. The van der Waals surface area contributed by atoms with E-state index in [2.05, 4.69) is 39.7 Å². The Kier molecular flexibility index (Phi) is 2.80. The summed E-state index contributed by atoms with van der Waals surface area (Å²) in [5.74, 6) is 0.651. The van der Waals surface area contributed by atoms with Crippen LogP contribution in [-0.2, 0) is 0 Å². The molecule has 1 atom stereocenters. The van der Waals surface area contributed by atoms with Crippen LogP contribution in [0.4, 0.5) is 11.5 Å². The second kappa shape index (κ2) is 4.33. The van der Waals surface area contributed by atoms with Gasteiger partial charge in [0.25, 0.3) is 0 Å². The fourth-order valence-electron chi connectivity index (χ4n) is 1.86. The summed E-state index contributed by atoms with van der Waals surface area (Å²) in [5.41, 5.74) is 1.12. The van der Waals surface area contributed by atoms with Crippen LogP contribution in [0, 0.1) is 0 Å². The molecule has 1 unspecified atom stereocenters. The van der Waals surface area contributed by atoms with Gasteiger partial charge >= 0.3 is 0 Å². The molecule has 0 fully saturated rings. The molecule has 1 aliphatic heterocycles. The van der Waals surface area contributed by atoms with Crippen LogP contribution in [0.1, 0.15) is 6.92 Å². The number of hydrogen-bond acceptors (Lipinski definition) is 5. The number of anilines is 2. The maximum Gasteiger partial charge on any atom is 0.159 e. The molecule has 4 nitrogen and oxygen atoms in total. The van der Waals surface area contributed by atoms with E-state index in [9.17, 15) is 0 Å². The number of benzene rings is 1. The van der Waals surface area contributed by atoms with Crippen molar-refractivity contribution in [2.75, 3.05) is 10.6 Å². The number of hydrogen-bond donors (Lipinski definition) is 2. The largest absolute Gasteiger partial charge is 0.353 e. The van der Waals surface area contributed by atoms with E-state index in [-0.39, 0.29) is 4.99 Å². The van der Waals surface area contributed by atoms with Crippen LogP contribution in [0.15, 0.2) is 41.6 Å². The van der Waals surface area contributed by atoms with Gasteiger partial charge in [0.15, 0.2) is 4.99 Å². The van der Waals surface area contributed by atoms with Gasteiger partial charge in [-0.1, -0.05) is 35.5 Å². The number of nitrogens with zero attached hydrogens (tertiary/aromatic N) is 2. The monoisotopic (exact) mass is 278 g/mol. The number of halogens is 1. The molecule has 0 amide bonds. The van der Waals surface area contributed by atoms with Gasteiger partial charge in [-0.3, -0.25) is 4.98 Å². The number of rotatable bonds is 2. The van der Waals surface area contributed by atoms with Crippen LogP contribution in [0.5, 0.6) is 0 Å². The van der Waals surface area contributed by atoms with E-state index in [0.717, 1.165) is 5.69 Å². The standard InChI is InChI=1S/C12H11ClN4S/c1-12(17-11-7-14-6-10(13)15-11)16-8-4-2-3-5-9(8)18-12/h2-7,16H,1H3,(H,15,17). The van der Waals surface area contributed by atoms with E-state index in [0.29, 0.717) is 11.0 Å². The van der Waals surface area contributed by atoms with Crippen molar-refractivity contribution in [3.05, 3.63) is 41.8 Å². The molecule has 2 heterocycles. The smallest absolute Gasteiger partial charge is 0.159 e. The number of thioether (sulfide) groups is 1. The van der Waals surface area contributed by atoms with E-state index < -0.39 is 0 Å². The summed E-state index contributed by atoms with van der Waals surface area (Å²) in [6.45, 7) is 2.06. The molecule has 1 aromatic heterocycles. The molecule has 3 rings (SSSR count). The molecule has 0 saturated heterocycles. The van der Waals surface area contributed by atoms with Crippen molar-refractivity contribution < 1.29 is 0 Å². The van der Waals surface area contributed by atoms with Gasteiger partial charge in [0.05, 0.1) is 18.1 Å². The first-order valence-corrected chi connectivity index (χ1v) is 6.66. The van der Waals surface area contributed by atoms with Gasteiger partial charge in [-0.05, 0) is 19.1 Å². The van der Waals surface area contributed by atoms with Gasteiger partial charge in [-0.25, -0.2) is 4.98 Å². The van der Waals surface area contributed by atoms with Crippen LogP contribution in [0.3, 0.4) is 0 Å². The Bertz CT molecular complexity index is 565. The lowest BCUT2D eigenvalue weighted by Gasteiger charge is -2.25. The van der Waals surface area contributed by atoms with Gasteiger partial charge in [0.1, 0.15) is 11.0 Å². The van der Waals surface area contributed by atoms with Crippen molar-refractivity contribution in [1.29, 1.82) is 0 Å². The zero-order chi connectivity index (χ0) is 12.6. The lowest BCUT2D eigenvalue weighted by atomic mass is 10.3. The predicted molar refractivity (Wildman–Crippen MR) is 75.0 cm³/mol. The Balaban J connectivity index is 1.83. The van der Waals surface area contributed by atoms with Crippen LogP contribution in [0.25, 0.3) is 0 Å². The second-order valence-corrected chi connectivity index (χ2v) is 5.96. The number of aromatic nitrogens is 2. The molecule has 6 heteroatoms. The zero-order valence-electron chi connectivity index (χ0n) is 9.64. The number of nitrogens with one attached hydrogen (secondary N) is 2. The molecule has 0 spiro atoms. The van der Waals surface area contributed by atoms with Gasteiger partial charge in [0.2, 0.25) is 0 Å². The first kappa shape index (κ1) is 11.6. The van der Waals surface area contributed by atoms with Gasteiger partial charge in [0, 0.05) is 4.90 Å². The molecule has 0 bridgehead atoms. The average molecular weight is 279 g/mol. The zero-order valence-corrected chi connectivity index (χ0v) is 11.2. The maximum absolute atomic E-state index is 5.82. The highest BCUT2D eigenvalue weighted by molar-refractivity contribution is 8.01.